The molecule has 3 heteroatoms. The Kier molecular flexibility index (Phi) is 4.62. The average molecular weight is 227 g/mol. The fourth-order valence-corrected chi connectivity index (χ4v) is 2.86. The lowest BCUT2D eigenvalue weighted by atomic mass is 9.94. The van der Waals surface area contributed by atoms with Crippen molar-refractivity contribution in [2.24, 2.45) is 0 Å². The van der Waals surface area contributed by atoms with E-state index in [9.17, 15) is 0 Å². The summed E-state index contributed by atoms with van der Waals surface area (Å²) in [4.78, 5) is 0. The highest BCUT2D eigenvalue weighted by molar-refractivity contribution is 4.89. The first kappa shape index (κ1) is 12.3. The molecule has 0 aromatic heterocycles. The molecule has 3 nitrogen and oxygen atoms in total. The van der Waals surface area contributed by atoms with Gasteiger partial charge in [0.05, 0.1) is 25.4 Å². The zero-order valence-corrected chi connectivity index (χ0v) is 10.6. The molecular weight excluding hydrogens is 202 g/mol. The molecule has 16 heavy (non-hydrogen) atoms. The smallest absolute Gasteiger partial charge is 0.0621 e. The lowest BCUT2D eigenvalue weighted by Gasteiger charge is -2.41. The second-order valence-corrected chi connectivity index (χ2v) is 5.15. The monoisotopic (exact) mass is 227 g/mol. The zero-order chi connectivity index (χ0) is 11.4. The van der Waals surface area contributed by atoms with Crippen LogP contribution in [-0.4, -0.2) is 37.5 Å². The molecule has 0 radical (unpaired) electrons. The Morgan fingerprint density at radius 2 is 1.94 bits per heavy atom. The molecule has 0 saturated carbocycles. The summed E-state index contributed by atoms with van der Waals surface area (Å²) in [6.45, 7) is 6.18. The number of nitrogens with one attached hydrogen (secondary N) is 1. The SMILES string of the molecule is CCCC(CC)OC1CC2COCC(C1)N2. The van der Waals surface area contributed by atoms with Crippen LogP contribution in [0.1, 0.15) is 46.0 Å². The Bertz CT molecular complexity index is 198. The number of hydrogen-bond donors (Lipinski definition) is 1. The van der Waals surface area contributed by atoms with E-state index in [2.05, 4.69) is 19.2 Å². The molecule has 1 N–H and O–H groups in total. The minimum Gasteiger partial charge on any atom is -0.378 e. The number of fused-ring (bicyclic) bond motifs is 2. The molecule has 3 unspecified atom stereocenters. The van der Waals surface area contributed by atoms with Gasteiger partial charge in [0.1, 0.15) is 0 Å². The van der Waals surface area contributed by atoms with E-state index in [1.54, 1.807) is 0 Å². The van der Waals surface area contributed by atoms with Crippen LogP contribution in [-0.2, 0) is 9.47 Å². The van der Waals surface area contributed by atoms with Gasteiger partial charge in [-0.3, -0.25) is 0 Å². The van der Waals surface area contributed by atoms with E-state index in [4.69, 9.17) is 9.47 Å². The van der Waals surface area contributed by atoms with Gasteiger partial charge in [0.25, 0.3) is 0 Å². The summed E-state index contributed by atoms with van der Waals surface area (Å²) in [6.07, 6.45) is 6.73. The maximum absolute atomic E-state index is 6.22. The third-order valence-corrected chi connectivity index (χ3v) is 3.66. The van der Waals surface area contributed by atoms with Crippen LogP contribution in [0, 0.1) is 0 Å². The summed E-state index contributed by atoms with van der Waals surface area (Å²) in [5.74, 6) is 0. The van der Waals surface area contributed by atoms with Crippen LogP contribution in [0.5, 0.6) is 0 Å². The normalized spacial score (nSPS) is 36.0. The van der Waals surface area contributed by atoms with Crippen molar-refractivity contribution in [3.05, 3.63) is 0 Å². The van der Waals surface area contributed by atoms with Gasteiger partial charge in [-0.25, -0.2) is 0 Å². The van der Waals surface area contributed by atoms with E-state index < -0.39 is 0 Å². The number of ether oxygens (including phenoxy) is 2. The van der Waals surface area contributed by atoms with Crippen molar-refractivity contribution >= 4 is 0 Å². The summed E-state index contributed by atoms with van der Waals surface area (Å²) in [5, 5.41) is 3.60. The molecule has 3 atom stereocenters. The lowest BCUT2D eigenvalue weighted by molar-refractivity contribution is -0.0797. The van der Waals surface area contributed by atoms with Crippen LogP contribution in [0.2, 0.25) is 0 Å². The molecule has 2 aliphatic rings. The average Bonchev–Trinajstić information content (AvgIpc) is 2.28. The first-order valence-electron chi connectivity index (χ1n) is 6.81. The molecule has 0 amide bonds. The molecule has 0 aromatic carbocycles. The molecular formula is C13H25NO2. The standard InChI is InChI=1S/C13H25NO2/c1-3-5-12(4-2)16-13-6-10-8-15-9-11(7-13)14-10/h10-14H,3-9H2,1-2H3. The predicted octanol–water partition coefficient (Wildman–Crippen LogP) is 2.10. The van der Waals surface area contributed by atoms with Crippen LogP contribution < -0.4 is 5.32 Å². The van der Waals surface area contributed by atoms with Crippen LogP contribution in [0.15, 0.2) is 0 Å². The summed E-state index contributed by atoms with van der Waals surface area (Å²) < 4.78 is 11.8. The molecule has 0 aliphatic carbocycles. The largest absolute Gasteiger partial charge is 0.378 e. The van der Waals surface area contributed by atoms with Crippen molar-refractivity contribution in [2.45, 2.75) is 70.2 Å². The molecule has 2 saturated heterocycles. The van der Waals surface area contributed by atoms with Crippen LogP contribution in [0.3, 0.4) is 0 Å². The fraction of sp³-hybridized carbons (Fsp3) is 1.00. The maximum Gasteiger partial charge on any atom is 0.0621 e. The van der Waals surface area contributed by atoms with Gasteiger partial charge in [-0.05, 0) is 25.7 Å². The molecule has 2 rings (SSSR count). The van der Waals surface area contributed by atoms with Crippen molar-refractivity contribution < 1.29 is 9.47 Å². The number of piperidine rings is 1. The fourth-order valence-electron chi connectivity index (χ4n) is 2.86. The van der Waals surface area contributed by atoms with Crippen molar-refractivity contribution in [2.75, 3.05) is 13.2 Å². The molecule has 2 bridgehead atoms. The second kappa shape index (κ2) is 5.99. The minimum atomic E-state index is 0.455. The molecule has 2 aliphatic heterocycles. The van der Waals surface area contributed by atoms with Crippen molar-refractivity contribution in [3.63, 3.8) is 0 Å². The highest BCUT2D eigenvalue weighted by Crippen LogP contribution is 2.23. The quantitative estimate of drug-likeness (QED) is 0.780. The Labute approximate surface area is 98.9 Å². The number of rotatable bonds is 5. The summed E-state index contributed by atoms with van der Waals surface area (Å²) >= 11 is 0. The minimum absolute atomic E-state index is 0.455. The van der Waals surface area contributed by atoms with Crippen LogP contribution >= 0.6 is 0 Å². The van der Waals surface area contributed by atoms with Gasteiger partial charge < -0.3 is 14.8 Å². The van der Waals surface area contributed by atoms with E-state index in [-0.39, 0.29) is 0 Å². The maximum atomic E-state index is 6.22. The van der Waals surface area contributed by atoms with Crippen LogP contribution in [0.25, 0.3) is 0 Å². The number of morpholine rings is 1. The highest BCUT2D eigenvalue weighted by Gasteiger charge is 2.33. The second-order valence-electron chi connectivity index (χ2n) is 5.15. The van der Waals surface area contributed by atoms with Crippen molar-refractivity contribution in [1.82, 2.24) is 5.32 Å². The summed E-state index contributed by atoms with van der Waals surface area (Å²) in [5.41, 5.74) is 0. The van der Waals surface area contributed by atoms with Crippen LogP contribution in [0.4, 0.5) is 0 Å². The van der Waals surface area contributed by atoms with Gasteiger partial charge in [0, 0.05) is 12.1 Å². The first-order chi connectivity index (χ1) is 7.81. The third kappa shape index (κ3) is 3.19. The molecule has 0 spiro atoms. The van der Waals surface area contributed by atoms with E-state index >= 15 is 0 Å². The third-order valence-electron chi connectivity index (χ3n) is 3.66. The summed E-state index contributed by atoms with van der Waals surface area (Å²) in [7, 11) is 0. The van der Waals surface area contributed by atoms with Crippen molar-refractivity contribution in [1.29, 1.82) is 0 Å². The lowest BCUT2D eigenvalue weighted by Crippen LogP contribution is -2.56. The predicted molar refractivity (Wildman–Crippen MR) is 64.6 cm³/mol. The van der Waals surface area contributed by atoms with E-state index in [0.717, 1.165) is 32.5 Å². The van der Waals surface area contributed by atoms with Gasteiger partial charge in [0.2, 0.25) is 0 Å². The van der Waals surface area contributed by atoms with Gasteiger partial charge in [-0.1, -0.05) is 20.3 Å². The van der Waals surface area contributed by atoms with Gasteiger partial charge in [-0.2, -0.15) is 0 Å². The Morgan fingerprint density at radius 1 is 1.25 bits per heavy atom. The summed E-state index contributed by atoms with van der Waals surface area (Å²) in [6, 6.07) is 1.05. The Morgan fingerprint density at radius 3 is 2.50 bits per heavy atom. The Balaban J connectivity index is 1.80. The first-order valence-corrected chi connectivity index (χ1v) is 6.81. The topological polar surface area (TPSA) is 30.5 Å². The van der Waals surface area contributed by atoms with Gasteiger partial charge >= 0.3 is 0 Å². The molecule has 0 aromatic rings. The van der Waals surface area contributed by atoms with E-state index in [0.29, 0.717) is 24.3 Å². The van der Waals surface area contributed by atoms with Gasteiger partial charge in [-0.15, -0.1) is 0 Å². The molecule has 94 valence electrons. The van der Waals surface area contributed by atoms with E-state index in [1.165, 1.54) is 12.8 Å². The van der Waals surface area contributed by atoms with E-state index in [1.807, 2.05) is 0 Å². The molecule has 2 heterocycles. The van der Waals surface area contributed by atoms with Crippen molar-refractivity contribution in [3.8, 4) is 0 Å². The zero-order valence-electron chi connectivity index (χ0n) is 10.6. The van der Waals surface area contributed by atoms with Gasteiger partial charge in [0.15, 0.2) is 0 Å². The Hall–Kier alpha value is -0.120. The number of hydrogen-bond acceptors (Lipinski definition) is 3. The molecule has 2 fully saturated rings. The highest BCUT2D eigenvalue weighted by atomic mass is 16.5.